The Balaban J connectivity index is 2.09. The summed E-state index contributed by atoms with van der Waals surface area (Å²) in [5.74, 6) is -1.21. The van der Waals surface area contributed by atoms with Gasteiger partial charge in [-0.1, -0.05) is 18.9 Å². The molecule has 8 nitrogen and oxygen atoms in total. The number of halogens is 9. The van der Waals surface area contributed by atoms with Crippen LogP contribution >= 0.6 is 0 Å². The summed E-state index contributed by atoms with van der Waals surface area (Å²) in [6, 6.07) is 4.04. The predicted octanol–water partition coefficient (Wildman–Crippen LogP) is 7.58. The first-order valence-corrected chi connectivity index (χ1v) is 14.0. The zero-order valence-corrected chi connectivity index (χ0v) is 25.4. The van der Waals surface area contributed by atoms with Gasteiger partial charge < -0.3 is 14.9 Å². The van der Waals surface area contributed by atoms with Crippen molar-refractivity contribution < 1.29 is 49.4 Å². The second kappa shape index (κ2) is 13.7. The van der Waals surface area contributed by atoms with Crippen LogP contribution in [0.15, 0.2) is 36.4 Å². The van der Waals surface area contributed by atoms with Gasteiger partial charge in [0.2, 0.25) is 0 Å². The number of nitrogens with zero attached hydrogens (tertiary/aromatic N) is 6. The highest BCUT2D eigenvalue weighted by atomic mass is 19.4. The summed E-state index contributed by atoms with van der Waals surface area (Å²) in [6.07, 6.45) is -14.2. The second-order valence-electron chi connectivity index (χ2n) is 11.6. The topological polar surface area (TPSA) is 87.4 Å². The fourth-order valence-electron chi connectivity index (χ4n) is 4.79. The minimum absolute atomic E-state index is 0.0175. The van der Waals surface area contributed by atoms with Crippen LogP contribution in [0.25, 0.3) is 0 Å². The number of rotatable bonds is 13. The summed E-state index contributed by atoms with van der Waals surface area (Å²) >= 11 is 0. The summed E-state index contributed by atoms with van der Waals surface area (Å²) in [5, 5.41) is 20.6. The molecule has 0 bridgehead atoms. The molecule has 1 heterocycles. The monoisotopic (exact) mass is 668 g/mol. The largest absolute Gasteiger partial charge is 0.481 e. The van der Waals surface area contributed by atoms with Gasteiger partial charge in [-0.25, -0.2) is 0 Å². The third-order valence-electron chi connectivity index (χ3n) is 7.37. The molecule has 3 aromatic rings. The lowest BCUT2D eigenvalue weighted by atomic mass is 9.84. The molecule has 1 aromatic heterocycles. The average molecular weight is 669 g/mol. The van der Waals surface area contributed by atoms with Crippen LogP contribution in [0, 0.1) is 5.41 Å². The summed E-state index contributed by atoms with van der Waals surface area (Å²) in [5.41, 5.74) is -4.61. The molecule has 3 rings (SSSR count). The van der Waals surface area contributed by atoms with E-state index in [1.807, 2.05) is 13.8 Å². The van der Waals surface area contributed by atoms with E-state index >= 15 is 0 Å². The van der Waals surface area contributed by atoms with E-state index in [-0.39, 0.29) is 24.0 Å². The Morgan fingerprint density at radius 2 is 1.41 bits per heavy atom. The van der Waals surface area contributed by atoms with Crippen LogP contribution in [-0.4, -0.2) is 44.4 Å². The molecule has 0 spiro atoms. The van der Waals surface area contributed by atoms with E-state index in [0.29, 0.717) is 43.8 Å². The number of aliphatic carboxylic acids is 1. The lowest BCUT2D eigenvalue weighted by Gasteiger charge is -2.32. The highest BCUT2D eigenvalue weighted by Gasteiger charge is 2.37. The van der Waals surface area contributed by atoms with Crippen molar-refractivity contribution in [3.05, 3.63) is 64.2 Å². The van der Waals surface area contributed by atoms with E-state index in [9.17, 15) is 44.3 Å². The minimum Gasteiger partial charge on any atom is -0.481 e. The average Bonchev–Trinajstić information content (AvgIpc) is 3.37. The van der Waals surface area contributed by atoms with Gasteiger partial charge in [0.25, 0.3) is 5.95 Å². The van der Waals surface area contributed by atoms with Gasteiger partial charge >= 0.3 is 24.5 Å². The van der Waals surface area contributed by atoms with Gasteiger partial charge in [0, 0.05) is 38.3 Å². The molecule has 0 saturated heterocycles. The van der Waals surface area contributed by atoms with Crippen LogP contribution < -0.4 is 9.80 Å². The summed E-state index contributed by atoms with van der Waals surface area (Å²) in [7, 11) is 1.36. The Morgan fingerprint density at radius 3 is 1.89 bits per heavy atom. The lowest BCUT2D eigenvalue weighted by Crippen LogP contribution is -2.31. The fraction of sp³-hybridized carbons (Fsp3) is 0.517. The SMILES string of the molecule is CCN(CCC(C)(C)CCC(=O)O)c1ccc(C(F)(F)F)cc1CN(Cc1cc(C(F)(F)F)cc(C(F)(F)F)c1)c1nnn(C)n1. The Kier molecular flexibility index (Phi) is 10.9. The molecule has 0 aliphatic carbocycles. The van der Waals surface area contributed by atoms with Crippen LogP contribution in [0.3, 0.4) is 0 Å². The molecule has 0 aliphatic rings. The summed E-state index contributed by atoms with van der Waals surface area (Å²) < 4.78 is 123. The Labute approximate surface area is 258 Å². The highest BCUT2D eigenvalue weighted by Crippen LogP contribution is 2.38. The van der Waals surface area contributed by atoms with Crippen molar-refractivity contribution in [2.45, 2.75) is 71.7 Å². The van der Waals surface area contributed by atoms with Crippen LogP contribution in [0.1, 0.15) is 67.9 Å². The Morgan fingerprint density at radius 1 is 0.826 bits per heavy atom. The molecule has 2 aromatic carbocycles. The molecular formula is C29H33F9N6O2. The summed E-state index contributed by atoms with van der Waals surface area (Å²) in [4.78, 5) is 15.0. The molecular weight excluding hydrogens is 635 g/mol. The third kappa shape index (κ3) is 9.97. The van der Waals surface area contributed by atoms with Gasteiger partial charge in [-0.3, -0.25) is 4.79 Å². The lowest BCUT2D eigenvalue weighted by molar-refractivity contribution is -0.143. The second-order valence-corrected chi connectivity index (χ2v) is 11.6. The maximum absolute atomic E-state index is 13.8. The number of carboxylic acid groups (broad SMARTS) is 1. The number of hydrogen-bond acceptors (Lipinski definition) is 6. The molecule has 0 fully saturated rings. The van der Waals surface area contributed by atoms with Crippen molar-refractivity contribution in [1.82, 2.24) is 20.2 Å². The molecule has 254 valence electrons. The molecule has 0 radical (unpaired) electrons. The van der Waals surface area contributed by atoms with Crippen LogP contribution in [0.5, 0.6) is 0 Å². The zero-order chi connectivity index (χ0) is 34.7. The van der Waals surface area contributed by atoms with E-state index in [2.05, 4.69) is 15.4 Å². The number of benzene rings is 2. The fourth-order valence-corrected chi connectivity index (χ4v) is 4.79. The molecule has 17 heteroatoms. The van der Waals surface area contributed by atoms with Gasteiger partial charge in [-0.15, -0.1) is 5.10 Å². The number of carbonyl (C=O) groups is 1. The van der Waals surface area contributed by atoms with Crippen LogP contribution in [-0.2, 0) is 43.5 Å². The number of tetrazole rings is 1. The maximum atomic E-state index is 13.8. The molecule has 0 saturated carbocycles. The van der Waals surface area contributed by atoms with Gasteiger partial charge in [-0.2, -0.15) is 44.3 Å². The van der Waals surface area contributed by atoms with Gasteiger partial charge in [0.15, 0.2) is 0 Å². The molecule has 0 unspecified atom stereocenters. The van der Waals surface area contributed by atoms with Gasteiger partial charge in [0.05, 0.1) is 23.7 Å². The van der Waals surface area contributed by atoms with E-state index in [1.165, 1.54) is 13.1 Å². The van der Waals surface area contributed by atoms with Crippen molar-refractivity contribution >= 4 is 17.6 Å². The quantitative estimate of drug-likeness (QED) is 0.188. The van der Waals surface area contributed by atoms with Crippen molar-refractivity contribution in [1.29, 1.82) is 0 Å². The predicted molar refractivity (Wildman–Crippen MR) is 150 cm³/mol. The molecule has 0 aliphatic heterocycles. The molecule has 46 heavy (non-hydrogen) atoms. The van der Waals surface area contributed by atoms with Gasteiger partial charge in [-0.05, 0) is 77.9 Å². The third-order valence-corrected chi connectivity index (χ3v) is 7.37. The first kappa shape index (κ1) is 36.4. The van der Waals surface area contributed by atoms with Crippen molar-refractivity contribution in [2.75, 3.05) is 22.9 Å². The first-order valence-electron chi connectivity index (χ1n) is 14.0. The maximum Gasteiger partial charge on any atom is 0.416 e. The van der Waals surface area contributed by atoms with Crippen LogP contribution in [0.4, 0.5) is 51.1 Å². The van der Waals surface area contributed by atoms with Crippen LogP contribution in [0.2, 0.25) is 0 Å². The van der Waals surface area contributed by atoms with E-state index < -0.39 is 65.3 Å². The summed E-state index contributed by atoms with van der Waals surface area (Å²) in [6.45, 7) is 5.04. The Hall–Kier alpha value is -4.05. The smallest absolute Gasteiger partial charge is 0.416 e. The van der Waals surface area contributed by atoms with Crippen molar-refractivity contribution in [3.63, 3.8) is 0 Å². The van der Waals surface area contributed by atoms with Gasteiger partial charge in [0.1, 0.15) is 0 Å². The first-order chi connectivity index (χ1) is 21.1. The molecule has 0 atom stereocenters. The minimum atomic E-state index is -5.11. The number of carboxylic acids is 1. The standard InChI is InChI=1S/C29H33F9N6O2/c1-5-43(11-10-26(2,3)9-8-24(45)46)23-7-6-20(27(30,31)32)14-19(23)17-44(25-39-41-42(4)40-25)16-18-12-21(28(33,34)35)15-22(13-18)29(36,37)38/h6-7,12-15H,5,8-11,16-17H2,1-4H3,(H,45,46). The molecule has 1 N–H and O–H groups in total. The Bertz CT molecular complexity index is 1470. The number of anilines is 2. The number of aromatic nitrogens is 4. The highest BCUT2D eigenvalue weighted by molar-refractivity contribution is 5.66. The number of aryl methyl sites for hydroxylation is 1. The van der Waals surface area contributed by atoms with E-state index in [0.717, 1.165) is 21.8 Å². The molecule has 0 amide bonds. The zero-order valence-electron chi connectivity index (χ0n) is 25.4. The van der Waals surface area contributed by atoms with Crippen molar-refractivity contribution in [3.8, 4) is 0 Å². The number of hydrogen-bond donors (Lipinski definition) is 1. The van der Waals surface area contributed by atoms with E-state index in [1.54, 1.807) is 11.8 Å². The van der Waals surface area contributed by atoms with E-state index in [4.69, 9.17) is 5.11 Å². The van der Waals surface area contributed by atoms with Crippen molar-refractivity contribution in [2.24, 2.45) is 12.5 Å². The number of alkyl halides is 9. The normalized spacial score (nSPS) is 12.8.